The number of amides is 2. The van der Waals surface area contributed by atoms with Gasteiger partial charge in [0.25, 0.3) is 0 Å². The number of hydrogen-bond acceptors (Lipinski definition) is 4. The molecule has 0 bridgehead atoms. The van der Waals surface area contributed by atoms with Crippen LogP contribution in [0.2, 0.25) is 0 Å². The minimum absolute atomic E-state index is 0.00000979. The second kappa shape index (κ2) is 8.65. The van der Waals surface area contributed by atoms with E-state index in [-0.39, 0.29) is 30.8 Å². The van der Waals surface area contributed by atoms with Crippen LogP contribution in [-0.4, -0.2) is 41.3 Å². The van der Waals surface area contributed by atoms with E-state index in [1.807, 2.05) is 36.4 Å². The van der Waals surface area contributed by atoms with Crippen molar-refractivity contribution >= 4 is 18.0 Å². The van der Waals surface area contributed by atoms with Crippen molar-refractivity contribution in [2.45, 2.75) is 50.6 Å². The summed E-state index contributed by atoms with van der Waals surface area (Å²) in [7, 11) is 0. The summed E-state index contributed by atoms with van der Waals surface area (Å²) in [6.07, 6.45) is 0.807. The molecule has 32 heavy (non-hydrogen) atoms. The quantitative estimate of drug-likeness (QED) is 0.586. The predicted octanol–water partition coefficient (Wildman–Crippen LogP) is 3.67. The van der Waals surface area contributed by atoms with Crippen molar-refractivity contribution in [1.82, 2.24) is 10.6 Å². The average Bonchev–Trinajstić information content (AvgIpc) is 3.55. The lowest BCUT2D eigenvalue weighted by Gasteiger charge is -2.30. The lowest BCUT2D eigenvalue weighted by atomic mass is 9.94. The van der Waals surface area contributed by atoms with Crippen molar-refractivity contribution in [3.05, 3.63) is 59.7 Å². The topological polar surface area (TPSA) is 105 Å². The number of ether oxygens (including phenoxy) is 1. The van der Waals surface area contributed by atoms with Crippen LogP contribution >= 0.6 is 0 Å². The number of hydrogen-bond donors (Lipinski definition) is 3. The highest BCUT2D eigenvalue weighted by Crippen LogP contribution is 2.44. The van der Waals surface area contributed by atoms with E-state index < -0.39 is 23.6 Å². The molecule has 7 heteroatoms. The number of fused-ring (bicyclic) bond motifs is 3. The van der Waals surface area contributed by atoms with Crippen LogP contribution in [0.15, 0.2) is 48.5 Å². The number of carbonyl (C=O) groups excluding carboxylic acids is 2. The van der Waals surface area contributed by atoms with Crippen molar-refractivity contribution in [3.8, 4) is 11.1 Å². The lowest BCUT2D eigenvalue weighted by molar-refractivity contribution is -0.137. The monoisotopic (exact) mass is 436 g/mol. The molecule has 2 amide bonds. The van der Waals surface area contributed by atoms with Crippen LogP contribution in [0, 0.1) is 5.92 Å². The fourth-order valence-corrected chi connectivity index (χ4v) is 4.54. The number of nitrogens with one attached hydrogen (secondary N) is 2. The number of aliphatic carboxylic acids is 1. The molecule has 0 saturated heterocycles. The first-order valence-electron chi connectivity index (χ1n) is 11.0. The van der Waals surface area contributed by atoms with E-state index in [1.165, 1.54) is 0 Å². The number of carboxylic acids is 1. The van der Waals surface area contributed by atoms with Gasteiger partial charge < -0.3 is 20.5 Å². The van der Waals surface area contributed by atoms with Crippen LogP contribution in [0.5, 0.6) is 0 Å². The maximum Gasteiger partial charge on any atom is 0.408 e. The van der Waals surface area contributed by atoms with Gasteiger partial charge in [-0.3, -0.25) is 9.59 Å². The fourth-order valence-electron chi connectivity index (χ4n) is 4.54. The predicted molar refractivity (Wildman–Crippen MR) is 119 cm³/mol. The Morgan fingerprint density at radius 3 is 2.16 bits per heavy atom. The van der Waals surface area contributed by atoms with E-state index in [0.29, 0.717) is 0 Å². The molecule has 0 heterocycles. The van der Waals surface area contributed by atoms with Gasteiger partial charge in [-0.25, -0.2) is 4.79 Å². The first kappa shape index (κ1) is 21.9. The third-order valence-corrected chi connectivity index (χ3v) is 6.43. The summed E-state index contributed by atoms with van der Waals surface area (Å²) in [5, 5.41) is 14.4. The normalized spacial score (nSPS) is 17.4. The second-order valence-electron chi connectivity index (χ2n) is 8.90. The van der Waals surface area contributed by atoms with Crippen LogP contribution in [0.25, 0.3) is 11.1 Å². The molecular weight excluding hydrogens is 408 g/mol. The first-order chi connectivity index (χ1) is 15.3. The van der Waals surface area contributed by atoms with Crippen LogP contribution in [0.3, 0.4) is 0 Å². The number of carbonyl (C=O) groups is 3. The molecule has 2 atom stereocenters. The Morgan fingerprint density at radius 2 is 1.62 bits per heavy atom. The largest absolute Gasteiger partial charge is 0.481 e. The van der Waals surface area contributed by atoms with E-state index in [1.54, 1.807) is 13.8 Å². The van der Waals surface area contributed by atoms with Gasteiger partial charge in [-0.1, -0.05) is 48.5 Å². The summed E-state index contributed by atoms with van der Waals surface area (Å²) in [6.45, 7) is 3.47. The van der Waals surface area contributed by atoms with Crippen molar-refractivity contribution in [2.75, 3.05) is 6.61 Å². The Balaban J connectivity index is 1.43. The van der Waals surface area contributed by atoms with Gasteiger partial charge in [0.15, 0.2) is 0 Å². The molecule has 2 aliphatic carbocycles. The highest BCUT2D eigenvalue weighted by Gasteiger charge is 2.49. The zero-order valence-corrected chi connectivity index (χ0v) is 18.3. The Morgan fingerprint density at radius 1 is 1.06 bits per heavy atom. The molecule has 4 rings (SSSR count). The van der Waals surface area contributed by atoms with Crippen LogP contribution in [0.1, 0.15) is 50.2 Å². The highest BCUT2D eigenvalue weighted by atomic mass is 16.5. The van der Waals surface area contributed by atoms with Gasteiger partial charge in [0.05, 0.1) is 6.42 Å². The summed E-state index contributed by atoms with van der Waals surface area (Å²) in [6, 6.07) is 15.6. The van der Waals surface area contributed by atoms with E-state index in [9.17, 15) is 14.4 Å². The van der Waals surface area contributed by atoms with Gasteiger partial charge in [-0.05, 0) is 54.9 Å². The van der Waals surface area contributed by atoms with E-state index in [0.717, 1.165) is 35.1 Å². The second-order valence-corrected chi connectivity index (χ2v) is 8.90. The van der Waals surface area contributed by atoms with Crippen LogP contribution < -0.4 is 10.6 Å². The molecule has 2 aromatic carbocycles. The molecule has 1 saturated carbocycles. The third-order valence-electron chi connectivity index (χ3n) is 6.43. The van der Waals surface area contributed by atoms with E-state index in [2.05, 4.69) is 22.8 Å². The standard InChI is InChI=1S/C25H28N2O5/c1-15(13-22(28)29)26-23(30)25(2,16-11-12-16)27-24(31)32-14-21-19-9-5-3-7-17(19)18-8-4-6-10-20(18)21/h3-10,15-16,21H,11-14H2,1-2H3,(H,26,30)(H,27,31)(H,28,29)/t15-,25?/m0/s1. The molecule has 0 spiro atoms. The van der Waals surface area contributed by atoms with Crippen LogP contribution in [-0.2, 0) is 14.3 Å². The van der Waals surface area contributed by atoms with Gasteiger partial charge >= 0.3 is 12.1 Å². The van der Waals surface area contributed by atoms with Crippen LogP contribution in [0.4, 0.5) is 4.79 Å². The Kier molecular flexibility index (Phi) is 5.91. The first-order valence-corrected chi connectivity index (χ1v) is 11.0. The van der Waals surface area contributed by atoms with Crippen molar-refractivity contribution in [2.24, 2.45) is 5.92 Å². The number of benzene rings is 2. The van der Waals surface area contributed by atoms with Crippen molar-refractivity contribution in [1.29, 1.82) is 0 Å². The summed E-state index contributed by atoms with van der Waals surface area (Å²) in [5.74, 6) is -1.44. The smallest absolute Gasteiger partial charge is 0.408 e. The molecule has 3 N–H and O–H groups in total. The molecule has 2 aliphatic rings. The summed E-state index contributed by atoms with van der Waals surface area (Å²) in [5.41, 5.74) is 3.38. The van der Waals surface area contributed by atoms with Gasteiger partial charge in [-0.2, -0.15) is 0 Å². The van der Waals surface area contributed by atoms with Gasteiger partial charge in [0, 0.05) is 12.0 Å². The average molecular weight is 437 g/mol. The number of alkyl carbamates (subject to hydrolysis) is 1. The minimum atomic E-state index is -1.14. The molecular formula is C25H28N2O5. The Hall–Kier alpha value is -3.35. The molecule has 168 valence electrons. The maximum absolute atomic E-state index is 12.9. The fraction of sp³-hybridized carbons (Fsp3) is 0.400. The third kappa shape index (κ3) is 4.33. The Bertz CT molecular complexity index is 1000. The molecule has 0 aliphatic heterocycles. The van der Waals surface area contributed by atoms with Crippen molar-refractivity contribution < 1.29 is 24.2 Å². The highest BCUT2D eigenvalue weighted by molar-refractivity contribution is 5.91. The van der Waals surface area contributed by atoms with E-state index in [4.69, 9.17) is 9.84 Å². The van der Waals surface area contributed by atoms with Gasteiger partial charge in [-0.15, -0.1) is 0 Å². The number of carboxylic acid groups (broad SMARTS) is 1. The molecule has 7 nitrogen and oxygen atoms in total. The van der Waals surface area contributed by atoms with Gasteiger partial charge in [0.1, 0.15) is 12.1 Å². The summed E-state index contributed by atoms with van der Waals surface area (Å²) in [4.78, 5) is 36.5. The SMILES string of the molecule is C[C@@H](CC(=O)O)NC(=O)C(C)(NC(=O)OCC1c2ccccc2-c2ccccc21)C1CC1. The van der Waals surface area contributed by atoms with E-state index >= 15 is 0 Å². The summed E-state index contributed by atoms with van der Waals surface area (Å²) < 4.78 is 5.61. The molecule has 0 radical (unpaired) electrons. The number of rotatable bonds is 8. The zero-order valence-electron chi connectivity index (χ0n) is 18.3. The maximum atomic E-state index is 12.9. The molecule has 1 unspecified atom stereocenters. The summed E-state index contributed by atoms with van der Waals surface area (Å²) >= 11 is 0. The van der Waals surface area contributed by atoms with Crippen molar-refractivity contribution in [3.63, 3.8) is 0 Å². The zero-order chi connectivity index (χ0) is 22.9. The Labute approximate surface area is 187 Å². The molecule has 0 aromatic heterocycles. The lowest BCUT2D eigenvalue weighted by Crippen LogP contribution is -2.60. The molecule has 1 fully saturated rings. The minimum Gasteiger partial charge on any atom is -0.481 e. The van der Waals surface area contributed by atoms with Gasteiger partial charge in [0.2, 0.25) is 5.91 Å². The molecule has 2 aromatic rings.